The predicted molar refractivity (Wildman–Crippen MR) is 25.3 cm³/mol. The summed E-state index contributed by atoms with van der Waals surface area (Å²) >= 11 is 3.50. The molecule has 0 rings (SSSR count). The summed E-state index contributed by atoms with van der Waals surface area (Å²) in [5.41, 5.74) is 0. The molecule has 0 aliphatic heterocycles. The maximum absolute atomic E-state index is 4.58. The number of rotatable bonds is 0. The van der Waals surface area contributed by atoms with Gasteiger partial charge in [0.25, 0.3) is 0 Å². The van der Waals surface area contributed by atoms with Crippen LogP contribution in [-0.4, -0.2) is 12.5 Å². The van der Waals surface area contributed by atoms with Gasteiger partial charge < -0.3 is 0 Å². The molecule has 0 aromatic rings. The van der Waals surface area contributed by atoms with Gasteiger partial charge in [-0.3, -0.25) is 0 Å². The topological polar surface area (TPSA) is 0 Å². The van der Waals surface area contributed by atoms with Crippen molar-refractivity contribution >= 4 is 21.0 Å². The van der Waals surface area contributed by atoms with Gasteiger partial charge in [-0.1, -0.05) is 0 Å². The Labute approximate surface area is 53.4 Å². The van der Waals surface area contributed by atoms with Crippen molar-refractivity contribution in [1.82, 2.24) is 0 Å². The Hall–Kier alpha value is 1.38. The molecule has 0 unspecified atom stereocenters. The first kappa shape index (κ1) is 9.63. The average Bonchev–Trinajstić information content (AvgIpc) is 1.46. The summed E-state index contributed by atoms with van der Waals surface area (Å²) in [7, 11) is 4.58. The Bertz CT molecular complexity index is 9.61. The van der Waals surface area contributed by atoms with E-state index < -0.39 is 0 Å². The van der Waals surface area contributed by atoms with Gasteiger partial charge in [0.2, 0.25) is 0 Å². The maximum atomic E-state index is 4.58. The van der Waals surface area contributed by atoms with Gasteiger partial charge in [0.15, 0.2) is 0 Å². The third-order valence-electron chi connectivity index (χ3n) is 0. The van der Waals surface area contributed by atoms with Gasteiger partial charge in [-0.15, -0.1) is 0 Å². The van der Waals surface area contributed by atoms with E-state index in [9.17, 15) is 0 Å². The minimum atomic E-state index is 1.75. The summed E-state index contributed by atoms with van der Waals surface area (Å²) < 4.78 is 0. The second-order valence-electron chi connectivity index (χ2n) is 0.408. The van der Waals surface area contributed by atoms with Crippen LogP contribution in [0.3, 0.4) is 0 Å². The second kappa shape index (κ2) is 18.2. The molecule has 0 aromatic heterocycles. The molecule has 0 bridgehead atoms. The van der Waals surface area contributed by atoms with Crippen LogP contribution in [0, 0.1) is 0 Å². The van der Waals surface area contributed by atoms with Gasteiger partial charge >= 0.3 is 29.2 Å². The Kier molecular flexibility index (Phi) is 35.1. The molecule has 0 radical (unpaired) electrons. The molecule has 3 heteroatoms. The van der Waals surface area contributed by atoms with Crippen LogP contribution in [0.15, 0.2) is 0 Å². The van der Waals surface area contributed by atoms with Crippen molar-refractivity contribution < 1.29 is 20.0 Å². The quantitative estimate of drug-likeness (QED) is 0.613. The van der Waals surface area contributed by atoms with Crippen molar-refractivity contribution in [2.45, 2.75) is 0 Å². The van der Waals surface area contributed by atoms with Crippen LogP contribution in [0.1, 0.15) is 0 Å². The molecule has 0 spiro atoms. The first-order chi connectivity index (χ1) is 2.41. The zero-order valence-electron chi connectivity index (χ0n) is 3.09. The van der Waals surface area contributed by atoms with Crippen molar-refractivity contribution in [3.8, 4) is 0 Å². The summed E-state index contributed by atoms with van der Waals surface area (Å²) in [4.78, 5) is 0. The normalized spacial score (nSPS) is 5.00. The van der Waals surface area contributed by atoms with Crippen LogP contribution in [-0.2, 0) is 20.0 Å². The first-order valence-electron chi connectivity index (χ1n) is 0.930. The Morgan fingerprint density at radius 2 is 1.40 bits per heavy atom. The van der Waals surface area contributed by atoms with E-state index in [1.165, 1.54) is 0 Å². The molecular weight excluding hydrogens is 289 g/mol. The molecule has 0 saturated heterocycles. The van der Waals surface area contributed by atoms with Crippen LogP contribution >= 0.6 is 21.0 Å². The fourth-order valence-electron chi connectivity index (χ4n) is 0. The summed E-state index contributed by atoms with van der Waals surface area (Å²) in [6.45, 7) is 0. The van der Waals surface area contributed by atoms with E-state index in [0.717, 1.165) is 0 Å². The van der Waals surface area contributed by atoms with Gasteiger partial charge in [-0.05, 0) is 12.5 Å². The number of hydrogen-bond acceptors (Lipinski definition) is 1. The fourth-order valence-corrected chi connectivity index (χ4v) is 0. The number of thioether (sulfide) groups is 1. The van der Waals surface area contributed by atoms with Crippen molar-refractivity contribution in [3.05, 3.63) is 0 Å². The van der Waals surface area contributed by atoms with Gasteiger partial charge in [0, 0.05) is 0 Å². The van der Waals surface area contributed by atoms with E-state index in [4.69, 9.17) is 0 Å². The molecule has 38 valence electrons. The van der Waals surface area contributed by atoms with Crippen molar-refractivity contribution in [2.75, 3.05) is 12.5 Å². The number of halogens is 1. The Balaban J connectivity index is 0. The van der Waals surface area contributed by atoms with Gasteiger partial charge in [-0.2, -0.15) is 11.8 Å². The molecule has 0 amide bonds. The summed E-state index contributed by atoms with van der Waals surface area (Å²) in [5.74, 6) is 0. The zero-order chi connectivity index (χ0) is 4.71. The average molecular weight is 295 g/mol. The van der Waals surface area contributed by atoms with Crippen molar-refractivity contribution in [2.24, 2.45) is 0 Å². The molecule has 0 nitrogen and oxygen atoms in total. The van der Waals surface area contributed by atoms with Crippen LogP contribution < -0.4 is 0 Å². The summed E-state index contributed by atoms with van der Waals surface area (Å²) in [6.07, 6.45) is 4.08. The SMILES string of the molecule is CSC.[Cl][Au]. The standard InChI is InChI=1S/C2H6S.Au.ClH/c1-3-2;;/h1-2H3;;1H/q;+1;/p-1. The molecule has 0 fully saturated rings. The third-order valence-corrected chi connectivity index (χ3v) is 0. The monoisotopic (exact) mass is 294 g/mol. The summed E-state index contributed by atoms with van der Waals surface area (Å²) in [5, 5.41) is 0. The molecule has 5 heavy (non-hydrogen) atoms. The van der Waals surface area contributed by atoms with E-state index in [1.54, 1.807) is 31.7 Å². The van der Waals surface area contributed by atoms with E-state index in [1.807, 2.05) is 12.5 Å². The molecule has 0 aliphatic carbocycles. The van der Waals surface area contributed by atoms with Crippen LogP contribution in [0.2, 0.25) is 0 Å². The summed E-state index contributed by atoms with van der Waals surface area (Å²) in [6, 6.07) is 0. The molecule has 0 N–H and O–H groups in total. The minimum absolute atomic E-state index is 1.75. The van der Waals surface area contributed by atoms with E-state index in [2.05, 4.69) is 9.19 Å². The first-order valence-corrected chi connectivity index (χ1v) is 5.25. The molecule has 0 heterocycles. The van der Waals surface area contributed by atoms with Gasteiger partial charge in [-0.25, -0.2) is 0 Å². The van der Waals surface area contributed by atoms with Gasteiger partial charge in [0.1, 0.15) is 0 Å². The van der Waals surface area contributed by atoms with Crippen molar-refractivity contribution in [1.29, 1.82) is 0 Å². The molecule has 0 aromatic carbocycles. The predicted octanol–water partition coefficient (Wildman–Crippen LogP) is 1.67. The fraction of sp³-hybridized carbons (Fsp3) is 1.00. The molecule has 0 atom stereocenters. The van der Waals surface area contributed by atoms with Crippen LogP contribution in [0.4, 0.5) is 0 Å². The van der Waals surface area contributed by atoms with E-state index in [0.29, 0.717) is 0 Å². The Morgan fingerprint density at radius 1 is 1.40 bits per heavy atom. The number of hydrogen-bond donors (Lipinski definition) is 0. The van der Waals surface area contributed by atoms with Crippen LogP contribution in [0.25, 0.3) is 0 Å². The molecule has 0 aliphatic rings. The molecular formula is C2H6AuClS. The van der Waals surface area contributed by atoms with Crippen LogP contribution in [0.5, 0.6) is 0 Å². The second-order valence-corrected chi connectivity index (χ2v) is 1.22. The van der Waals surface area contributed by atoms with E-state index >= 15 is 0 Å². The van der Waals surface area contributed by atoms with Gasteiger partial charge in [0.05, 0.1) is 0 Å². The Morgan fingerprint density at radius 3 is 1.40 bits per heavy atom. The zero-order valence-corrected chi connectivity index (χ0v) is 6.83. The van der Waals surface area contributed by atoms with Crippen molar-refractivity contribution in [3.63, 3.8) is 0 Å². The van der Waals surface area contributed by atoms with E-state index in [-0.39, 0.29) is 0 Å². The third kappa shape index (κ3) is 32.3. The molecule has 0 saturated carbocycles.